The average molecular weight is 413 g/mol. The van der Waals surface area contributed by atoms with Crippen molar-refractivity contribution in [1.82, 2.24) is 9.80 Å². The molecule has 0 saturated carbocycles. The smallest absolute Gasteiger partial charge is 0.237 e. The molecule has 5 nitrogen and oxygen atoms in total. The number of hydrogen-bond acceptors (Lipinski definition) is 4. The van der Waals surface area contributed by atoms with Crippen molar-refractivity contribution >= 4 is 5.91 Å². The van der Waals surface area contributed by atoms with E-state index in [2.05, 4.69) is 4.90 Å². The number of hydrogen-bond donors (Lipinski definition) is 0. The molecule has 2 heterocycles. The van der Waals surface area contributed by atoms with E-state index in [0.29, 0.717) is 6.54 Å². The normalized spacial score (nSPS) is 21.8. The SMILES string of the molecule is COc1ccc(OC)c(C2CCCN2C(=O)CN2CCCC2c2ccc(F)cc2)c1. The summed E-state index contributed by atoms with van der Waals surface area (Å²) in [7, 11) is 3.30. The molecule has 2 aliphatic heterocycles. The highest BCUT2D eigenvalue weighted by Gasteiger charge is 2.35. The molecule has 2 aliphatic rings. The van der Waals surface area contributed by atoms with Gasteiger partial charge in [-0.15, -0.1) is 0 Å². The molecule has 0 aliphatic carbocycles. The molecule has 0 bridgehead atoms. The van der Waals surface area contributed by atoms with Crippen LogP contribution in [0.2, 0.25) is 0 Å². The van der Waals surface area contributed by atoms with Gasteiger partial charge in [0.25, 0.3) is 0 Å². The first-order valence-electron chi connectivity index (χ1n) is 10.6. The van der Waals surface area contributed by atoms with Crippen LogP contribution in [0, 0.1) is 5.82 Å². The maximum atomic E-state index is 13.3. The number of methoxy groups -OCH3 is 2. The van der Waals surface area contributed by atoms with Crippen LogP contribution in [0.25, 0.3) is 0 Å². The van der Waals surface area contributed by atoms with Crippen LogP contribution in [0.15, 0.2) is 42.5 Å². The average Bonchev–Trinajstić information content (AvgIpc) is 3.43. The Morgan fingerprint density at radius 2 is 1.73 bits per heavy atom. The summed E-state index contributed by atoms with van der Waals surface area (Å²) in [5, 5.41) is 0. The summed E-state index contributed by atoms with van der Waals surface area (Å²) in [6.45, 7) is 2.01. The summed E-state index contributed by atoms with van der Waals surface area (Å²) >= 11 is 0. The van der Waals surface area contributed by atoms with Gasteiger partial charge in [0, 0.05) is 18.2 Å². The van der Waals surface area contributed by atoms with Gasteiger partial charge in [-0.25, -0.2) is 4.39 Å². The fourth-order valence-electron chi connectivity index (χ4n) is 4.83. The van der Waals surface area contributed by atoms with Crippen LogP contribution in [-0.4, -0.2) is 49.6 Å². The molecule has 2 aromatic carbocycles. The fraction of sp³-hybridized carbons (Fsp3) is 0.458. The molecule has 160 valence electrons. The second kappa shape index (κ2) is 9.04. The van der Waals surface area contributed by atoms with E-state index in [1.54, 1.807) is 14.2 Å². The standard InChI is InChI=1S/C24H29FN2O3/c1-29-19-11-12-23(30-2)20(15-19)22-6-4-14-27(22)24(28)16-26-13-3-5-21(26)17-7-9-18(25)10-8-17/h7-12,15,21-22H,3-6,13-14,16H2,1-2H3. The highest BCUT2D eigenvalue weighted by Crippen LogP contribution is 2.39. The predicted molar refractivity (Wildman–Crippen MR) is 113 cm³/mol. The zero-order valence-corrected chi connectivity index (χ0v) is 17.6. The third kappa shape index (κ3) is 4.15. The van der Waals surface area contributed by atoms with Crippen molar-refractivity contribution < 1.29 is 18.7 Å². The van der Waals surface area contributed by atoms with Crippen molar-refractivity contribution in [3.63, 3.8) is 0 Å². The molecule has 4 rings (SSSR count). The Morgan fingerprint density at radius 3 is 2.47 bits per heavy atom. The van der Waals surface area contributed by atoms with Crippen molar-refractivity contribution in [1.29, 1.82) is 0 Å². The summed E-state index contributed by atoms with van der Waals surface area (Å²) in [6.07, 6.45) is 3.92. The zero-order valence-electron chi connectivity index (χ0n) is 17.6. The molecule has 0 N–H and O–H groups in total. The van der Waals surface area contributed by atoms with Crippen molar-refractivity contribution in [2.75, 3.05) is 33.9 Å². The first-order chi connectivity index (χ1) is 14.6. The lowest BCUT2D eigenvalue weighted by atomic mass is 10.0. The third-order valence-corrected chi connectivity index (χ3v) is 6.33. The van der Waals surface area contributed by atoms with Gasteiger partial charge in [-0.2, -0.15) is 0 Å². The Hall–Kier alpha value is -2.60. The van der Waals surface area contributed by atoms with E-state index >= 15 is 0 Å². The summed E-state index contributed by atoms with van der Waals surface area (Å²) in [4.78, 5) is 17.5. The molecule has 0 aromatic heterocycles. The van der Waals surface area contributed by atoms with Crippen molar-refractivity contribution in [2.24, 2.45) is 0 Å². The van der Waals surface area contributed by atoms with E-state index in [0.717, 1.165) is 61.4 Å². The molecule has 2 unspecified atom stereocenters. The fourth-order valence-corrected chi connectivity index (χ4v) is 4.83. The lowest BCUT2D eigenvalue weighted by Gasteiger charge is -2.30. The molecular weight excluding hydrogens is 383 g/mol. The molecule has 2 fully saturated rings. The number of halogens is 1. The highest BCUT2D eigenvalue weighted by atomic mass is 19.1. The van der Waals surface area contributed by atoms with E-state index < -0.39 is 0 Å². The van der Waals surface area contributed by atoms with Gasteiger partial charge in [0.1, 0.15) is 17.3 Å². The van der Waals surface area contributed by atoms with Gasteiger partial charge in [0.05, 0.1) is 26.8 Å². The molecular formula is C24H29FN2O3. The van der Waals surface area contributed by atoms with Crippen LogP contribution in [-0.2, 0) is 4.79 Å². The van der Waals surface area contributed by atoms with E-state index in [1.165, 1.54) is 12.1 Å². The van der Waals surface area contributed by atoms with Crippen LogP contribution in [0.1, 0.15) is 48.9 Å². The minimum atomic E-state index is -0.230. The number of likely N-dealkylation sites (tertiary alicyclic amines) is 2. The van der Waals surface area contributed by atoms with Crippen molar-refractivity contribution in [3.8, 4) is 11.5 Å². The Kier molecular flexibility index (Phi) is 6.23. The summed E-state index contributed by atoms with van der Waals surface area (Å²) < 4.78 is 24.3. The van der Waals surface area contributed by atoms with Crippen molar-refractivity contribution in [3.05, 3.63) is 59.4 Å². The minimum absolute atomic E-state index is 0.00516. The van der Waals surface area contributed by atoms with Gasteiger partial charge in [-0.3, -0.25) is 9.69 Å². The molecule has 0 spiro atoms. The van der Waals surface area contributed by atoms with Crippen molar-refractivity contribution in [2.45, 2.75) is 37.8 Å². The molecule has 0 radical (unpaired) electrons. The molecule has 2 aromatic rings. The Morgan fingerprint density at radius 1 is 1.00 bits per heavy atom. The Balaban J connectivity index is 1.51. The Labute approximate surface area is 177 Å². The highest BCUT2D eigenvalue weighted by molar-refractivity contribution is 5.79. The van der Waals surface area contributed by atoms with Gasteiger partial charge >= 0.3 is 0 Å². The number of carbonyl (C=O) groups is 1. The summed E-state index contributed by atoms with van der Waals surface area (Å²) in [5.74, 6) is 1.45. The second-order valence-corrected chi connectivity index (χ2v) is 8.03. The number of nitrogens with zero attached hydrogens (tertiary/aromatic N) is 2. The first-order valence-corrected chi connectivity index (χ1v) is 10.6. The molecule has 2 atom stereocenters. The molecule has 30 heavy (non-hydrogen) atoms. The zero-order chi connectivity index (χ0) is 21.1. The summed E-state index contributed by atoms with van der Waals surface area (Å²) in [6, 6.07) is 12.6. The minimum Gasteiger partial charge on any atom is -0.497 e. The molecule has 1 amide bonds. The topological polar surface area (TPSA) is 42.0 Å². The largest absolute Gasteiger partial charge is 0.497 e. The lowest BCUT2D eigenvalue weighted by molar-refractivity contribution is -0.133. The van der Waals surface area contributed by atoms with Crippen LogP contribution in [0.5, 0.6) is 11.5 Å². The van der Waals surface area contributed by atoms with Crippen LogP contribution in [0.4, 0.5) is 4.39 Å². The lowest BCUT2D eigenvalue weighted by Crippen LogP contribution is -2.40. The first kappa shape index (κ1) is 20.7. The second-order valence-electron chi connectivity index (χ2n) is 8.03. The van der Waals surface area contributed by atoms with E-state index in [-0.39, 0.29) is 23.8 Å². The van der Waals surface area contributed by atoms with Gasteiger partial charge < -0.3 is 14.4 Å². The number of amides is 1. The monoisotopic (exact) mass is 412 g/mol. The van der Waals surface area contributed by atoms with Gasteiger partial charge in [-0.1, -0.05) is 12.1 Å². The summed E-state index contributed by atoms with van der Waals surface area (Å²) in [5.41, 5.74) is 2.08. The van der Waals surface area contributed by atoms with Crippen LogP contribution >= 0.6 is 0 Å². The molecule has 6 heteroatoms. The van der Waals surface area contributed by atoms with E-state index in [1.807, 2.05) is 35.2 Å². The van der Waals surface area contributed by atoms with E-state index in [4.69, 9.17) is 9.47 Å². The van der Waals surface area contributed by atoms with E-state index in [9.17, 15) is 9.18 Å². The molecule has 2 saturated heterocycles. The predicted octanol–water partition coefficient (Wildman–Crippen LogP) is 4.34. The number of carbonyl (C=O) groups excluding carboxylic acids is 1. The number of rotatable bonds is 6. The Bertz CT molecular complexity index is 887. The quantitative estimate of drug-likeness (QED) is 0.708. The number of ether oxygens (including phenoxy) is 2. The van der Waals surface area contributed by atoms with Gasteiger partial charge in [0.15, 0.2) is 0 Å². The maximum Gasteiger partial charge on any atom is 0.237 e. The van der Waals surface area contributed by atoms with Crippen LogP contribution in [0.3, 0.4) is 0 Å². The van der Waals surface area contributed by atoms with Gasteiger partial charge in [0.2, 0.25) is 5.91 Å². The maximum absolute atomic E-state index is 13.3. The van der Waals surface area contributed by atoms with Crippen LogP contribution < -0.4 is 9.47 Å². The number of benzene rings is 2. The van der Waals surface area contributed by atoms with Gasteiger partial charge in [-0.05, 0) is 68.1 Å². The third-order valence-electron chi connectivity index (χ3n) is 6.33.